The molecule has 1 aromatic carbocycles. The lowest BCUT2D eigenvalue weighted by atomic mass is 10.00. The monoisotopic (exact) mass is 362 g/mol. The summed E-state index contributed by atoms with van der Waals surface area (Å²) in [5.41, 5.74) is 0.538. The van der Waals surface area contributed by atoms with Crippen LogP contribution in [0.15, 0.2) is 24.3 Å². The van der Waals surface area contributed by atoms with Gasteiger partial charge < -0.3 is 9.47 Å². The topological polar surface area (TPSA) is 52.6 Å². The Morgan fingerprint density at radius 1 is 0.731 bits per heavy atom. The minimum Gasteiger partial charge on any atom is -0.462 e. The van der Waals surface area contributed by atoms with Gasteiger partial charge in [-0.3, -0.25) is 0 Å². The number of hydrogen-bond acceptors (Lipinski definition) is 4. The third-order valence-corrected chi connectivity index (χ3v) is 4.11. The van der Waals surface area contributed by atoms with E-state index in [9.17, 15) is 9.59 Å². The van der Waals surface area contributed by atoms with Crippen LogP contribution in [0.5, 0.6) is 0 Å². The predicted molar refractivity (Wildman–Crippen MR) is 104 cm³/mol. The molecule has 0 amide bonds. The van der Waals surface area contributed by atoms with Gasteiger partial charge in [0.05, 0.1) is 24.3 Å². The van der Waals surface area contributed by atoms with Crippen molar-refractivity contribution in [3.63, 3.8) is 0 Å². The van der Waals surface area contributed by atoms with Gasteiger partial charge in [0.25, 0.3) is 0 Å². The first-order valence-electron chi connectivity index (χ1n) is 9.63. The van der Waals surface area contributed by atoms with Crippen molar-refractivity contribution in [3.8, 4) is 0 Å². The van der Waals surface area contributed by atoms with Crippen LogP contribution in [-0.2, 0) is 9.47 Å². The second-order valence-electron chi connectivity index (χ2n) is 8.21. The first kappa shape index (κ1) is 22.2. The Labute approximate surface area is 158 Å². The van der Waals surface area contributed by atoms with Crippen LogP contribution in [-0.4, -0.2) is 25.2 Å². The molecule has 4 heteroatoms. The van der Waals surface area contributed by atoms with Crippen LogP contribution < -0.4 is 0 Å². The first-order valence-corrected chi connectivity index (χ1v) is 9.63. The molecule has 2 unspecified atom stereocenters. The van der Waals surface area contributed by atoms with Crippen molar-refractivity contribution in [2.24, 2.45) is 23.7 Å². The zero-order chi connectivity index (χ0) is 19.7. The van der Waals surface area contributed by atoms with Crippen LogP contribution >= 0.6 is 0 Å². The van der Waals surface area contributed by atoms with Crippen LogP contribution in [0.3, 0.4) is 0 Å². The average Bonchev–Trinajstić information content (AvgIpc) is 2.56. The average molecular weight is 363 g/mol. The highest BCUT2D eigenvalue weighted by molar-refractivity contribution is 6.03. The minimum absolute atomic E-state index is 0.269. The SMILES string of the molecule is CC(C)CC(C)COC(=O)c1ccccc1C(=O)OCC(C)CC(C)C. The predicted octanol–water partition coefficient (Wildman–Crippen LogP) is 5.36. The fourth-order valence-corrected chi connectivity index (χ4v) is 3.18. The maximum absolute atomic E-state index is 12.4. The number of hydrogen-bond donors (Lipinski definition) is 0. The van der Waals surface area contributed by atoms with E-state index in [-0.39, 0.29) is 23.0 Å². The Morgan fingerprint density at radius 2 is 1.08 bits per heavy atom. The molecule has 0 heterocycles. The van der Waals surface area contributed by atoms with Gasteiger partial charge in [-0.25, -0.2) is 9.59 Å². The lowest BCUT2D eigenvalue weighted by Gasteiger charge is -2.16. The van der Waals surface area contributed by atoms with Crippen molar-refractivity contribution in [3.05, 3.63) is 35.4 Å². The van der Waals surface area contributed by atoms with Crippen molar-refractivity contribution in [2.75, 3.05) is 13.2 Å². The van der Waals surface area contributed by atoms with Crippen molar-refractivity contribution in [1.29, 1.82) is 0 Å². The molecule has 0 saturated heterocycles. The van der Waals surface area contributed by atoms with Gasteiger partial charge in [0.15, 0.2) is 0 Å². The molecule has 1 aromatic rings. The van der Waals surface area contributed by atoms with E-state index < -0.39 is 11.9 Å². The smallest absolute Gasteiger partial charge is 0.339 e. The molecule has 0 N–H and O–H groups in total. The molecule has 26 heavy (non-hydrogen) atoms. The van der Waals surface area contributed by atoms with Gasteiger partial charge in [-0.2, -0.15) is 0 Å². The van der Waals surface area contributed by atoms with E-state index in [0.717, 1.165) is 12.8 Å². The third kappa shape index (κ3) is 8.03. The van der Waals surface area contributed by atoms with E-state index in [4.69, 9.17) is 9.47 Å². The maximum Gasteiger partial charge on any atom is 0.339 e. The third-order valence-electron chi connectivity index (χ3n) is 4.11. The molecule has 0 aliphatic rings. The standard InChI is InChI=1S/C22H34O4/c1-15(2)11-17(5)13-25-21(23)19-9-7-8-10-20(19)22(24)26-14-18(6)12-16(3)4/h7-10,15-18H,11-14H2,1-6H3. The van der Waals surface area contributed by atoms with E-state index in [2.05, 4.69) is 41.5 Å². The summed E-state index contributed by atoms with van der Waals surface area (Å²) < 4.78 is 10.8. The largest absolute Gasteiger partial charge is 0.462 e. The summed E-state index contributed by atoms with van der Waals surface area (Å²) in [5.74, 6) is 0.745. The molecule has 0 radical (unpaired) electrons. The zero-order valence-corrected chi connectivity index (χ0v) is 17.1. The summed E-state index contributed by atoms with van der Waals surface area (Å²) in [7, 11) is 0. The number of ether oxygens (including phenoxy) is 2. The summed E-state index contributed by atoms with van der Waals surface area (Å²) >= 11 is 0. The van der Waals surface area contributed by atoms with Gasteiger partial charge in [0, 0.05) is 0 Å². The quantitative estimate of drug-likeness (QED) is 0.525. The number of carbonyl (C=O) groups is 2. The van der Waals surface area contributed by atoms with Gasteiger partial charge in [0.2, 0.25) is 0 Å². The van der Waals surface area contributed by atoms with Crippen LogP contribution in [0.1, 0.15) is 75.1 Å². The summed E-state index contributed by atoms with van der Waals surface area (Å²) in [6, 6.07) is 6.69. The molecule has 0 bridgehead atoms. The van der Waals surface area contributed by atoms with E-state index >= 15 is 0 Å². The van der Waals surface area contributed by atoms with Crippen LogP contribution in [0.4, 0.5) is 0 Å². The lowest BCUT2D eigenvalue weighted by Crippen LogP contribution is -2.19. The Morgan fingerprint density at radius 3 is 1.38 bits per heavy atom. The molecular weight excluding hydrogens is 328 g/mol. The first-order chi connectivity index (χ1) is 12.2. The van der Waals surface area contributed by atoms with Gasteiger partial charge in [-0.05, 0) is 48.6 Å². The molecule has 1 rings (SSSR count). The molecule has 0 saturated carbocycles. The Bertz CT molecular complexity index is 526. The Balaban J connectivity index is 2.68. The van der Waals surface area contributed by atoms with E-state index in [0.29, 0.717) is 25.0 Å². The highest BCUT2D eigenvalue weighted by atomic mass is 16.5. The number of benzene rings is 1. The molecule has 0 spiro atoms. The highest BCUT2D eigenvalue weighted by Crippen LogP contribution is 2.17. The van der Waals surface area contributed by atoms with Gasteiger partial charge in [0.1, 0.15) is 0 Å². The van der Waals surface area contributed by atoms with Gasteiger partial charge in [-0.15, -0.1) is 0 Å². The van der Waals surface area contributed by atoms with Gasteiger partial charge in [-0.1, -0.05) is 53.7 Å². The summed E-state index contributed by atoms with van der Waals surface area (Å²) in [6.07, 6.45) is 1.98. The second-order valence-corrected chi connectivity index (χ2v) is 8.21. The van der Waals surface area contributed by atoms with Gasteiger partial charge >= 0.3 is 11.9 Å². The maximum atomic E-state index is 12.4. The van der Waals surface area contributed by atoms with E-state index in [1.807, 2.05) is 0 Å². The highest BCUT2D eigenvalue weighted by Gasteiger charge is 2.20. The van der Waals surface area contributed by atoms with E-state index in [1.54, 1.807) is 24.3 Å². The van der Waals surface area contributed by atoms with Crippen molar-refractivity contribution >= 4 is 11.9 Å². The number of carbonyl (C=O) groups excluding carboxylic acids is 2. The summed E-state index contributed by atoms with van der Waals surface area (Å²) in [6.45, 7) is 13.4. The van der Waals surface area contributed by atoms with E-state index in [1.165, 1.54) is 0 Å². The van der Waals surface area contributed by atoms with Crippen molar-refractivity contribution < 1.29 is 19.1 Å². The normalized spacial score (nSPS) is 13.5. The van der Waals surface area contributed by atoms with Crippen molar-refractivity contribution in [1.82, 2.24) is 0 Å². The van der Waals surface area contributed by atoms with Crippen LogP contribution in [0.25, 0.3) is 0 Å². The van der Waals surface area contributed by atoms with Crippen molar-refractivity contribution in [2.45, 2.75) is 54.4 Å². The number of rotatable bonds is 10. The van der Waals surface area contributed by atoms with Crippen LogP contribution in [0, 0.1) is 23.7 Å². The minimum atomic E-state index is -0.469. The Hall–Kier alpha value is -1.84. The summed E-state index contributed by atoms with van der Waals surface area (Å²) in [4.78, 5) is 24.8. The molecule has 0 aromatic heterocycles. The second kappa shape index (κ2) is 11.0. The zero-order valence-electron chi connectivity index (χ0n) is 17.1. The molecule has 0 aliphatic heterocycles. The summed E-state index contributed by atoms with van der Waals surface area (Å²) in [5, 5.41) is 0. The Kier molecular flexibility index (Phi) is 9.39. The molecule has 4 nitrogen and oxygen atoms in total. The fraction of sp³-hybridized carbons (Fsp3) is 0.636. The molecule has 0 aliphatic carbocycles. The molecular formula is C22H34O4. The lowest BCUT2D eigenvalue weighted by molar-refractivity contribution is 0.0390. The molecule has 2 atom stereocenters. The fourth-order valence-electron chi connectivity index (χ4n) is 3.18. The number of esters is 2. The molecule has 146 valence electrons. The molecule has 0 fully saturated rings. The van der Waals surface area contributed by atoms with Crippen LogP contribution in [0.2, 0.25) is 0 Å².